The molecule has 0 amide bonds. The van der Waals surface area contributed by atoms with Gasteiger partial charge in [0.25, 0.3) is 6.43 Å². The molecule has 0 aliphatic carbocycles. The van der Waals surface area contributed by atoms with Crippen molar-refractivity contribution in [1.82, 2.24) is 0 Å². The molecule has 1 unspecified atom stereocenters. The zero-order chi connectivity index (χ0) is 9.57. The van der Waals surface area contributed by atoms with E-state index < -0.39 is 23.8 Å². The Morgan fingerprint density at radius 1 is 1.25 bits per heavy atom. The fourth-order valence-electron chi connectivity index (χ4n) is 0.934. The lowest BCUT2D eigenvalue weighted by molar-refractivity contribution is -0.116. The van der Waals surface area contributed by atoms with Gasteiger partial charge in [0.2, 0.25) is 5.60 Å². The topological polar surface area (TPSA) is 35.5 Å². The Balaban J connectivity index is 2.97. The normalized spacial score (nSPS) is 33.3. The van der Waals surface area contributed by atoms with Crippen molar-refractivity contribution in [2.75, 3.05) is 0 Å². The van der Waals surface area contributed by atoms with E-state index in [1.807, 2.05) is 0 Å². The summed E-state index contributed by atoms with van der Waals surface area (Å²) in [5.41, 5.74) is -3.12. The largest absolute Gasteiger partial charge is 0.509 e. The van der Waals surface area contributed by atoms with Crippen LogP contribution >= 0.6 is 0 Å². The first-order valence-electron chi connectivity index (χ1n) is 3.50. The zero-order valence-corrected chi connectivity index (χ0v) is 7.06. The number of carbonyl (C=O) groups is 1. The fourth-order valence-corrected chi connectivity index (χ4v) is 0.934. The molecule has 0 spiro atoms. The predicted octanol–water partition coefficient (Wildman–Crippen LogP) is 1.96. The minimum absolute atomic E-state index is 1.04. The lowest BCUT2D eigenvalue weighted by atomic mass is 9.88. The standard InChI is InChI=1S/C7H10F2O3/c1-6(2)7(3,4(8)9)12-5(10)11-6/h4H,1-3H3. The molecule has 5 heteroatoms. The maximum atomic E-state index is 12.4. The van der Waals surface area contributed by atoms with Crippen molar-refractivity contribution >= 4 is 6.16 Å². The van der Waals surface area contributed by atoms with E-state index >= 15 is 0 Å². The van der Waals surface area contributed by atoms with Crippen LogP contribution in [0.5, 0.6) is 0 Å². The highest BCUT2D eigenvalue weighted by molar-refractivity contribution is 5.64. The smallest absolute Gasteiger partial charge is 0.424 e. The van der Waals surface area contributed by atoms with Crippen molar-refractivity contribution in [2.24, 2.45) is 0 Å². The lowest BCUT2D eigenvalue weighted by Gasteiger charge is -2.31. The predicted molar refractivity (Wildman–Crippen MR) is 36.1 cm³/mol. The molecule has 0 N–H and O–H groups in total. The molecule has 0 aromatic carbocycles. The molecule has 1 fully saturated rings. The summed E-state index contributed by atoms with van der Waals surface area (Å²) in [5.74, 6) is 0. The highest BCUT2D eigenvalue weighted by Crippen LogP contribution is 2.40. The number of cyclic esters (lactones) is 2. The third-order valence-electron chi connectivity index (χ3n) is 2.25. The Morgan fingerprint density at radius 2 is 1.75 bits per heavy atom. The second-order valence-electron chi connectivity index (χ2n) is 3.37. The number of hydrogen-bond donors (Lipinski definition) is 0. The van der Waals surface area contributed by atoms with Crippen LogP contribution < -0.4 is 0 Å². The second-order valence-corrected chi connectivity index (χ2v) is 3.37. The Labute approximate surface area is 68.6 Å². The van der Waals surface area contributed by atoms with E-state index in [4.69, 9.17) is 0 Å². The summed E-state index contributed by atoms with van der Waals surface area (Å²) in [6.45, 7) is 3.94. The molecule has 0 saturated carbocycles. The van der Waals surface area contributed by atoms with Crippen LogP contribution in [-0.2, 0) is 9.47 Å². The van der Waals surface area contributed by atoms with E-state index in [9.17, 15) is 13.6 Å². The second kappa shape index (κ2) is 2.31. The number of hydrogen-bond acceptors (Lipinski definition) is 3. The summed E-state index contributed by atoms with van der Waals surface area (Å²) < 4.78 is 33.9. The molecule has 1 rings (SSSR count). The van der Waals surface area contributed by atoms with E-state index in [1.165, 1.54) is 13.8 Å². The van der Waals surface area contributed by atoms with E-state index in [0.29, 0.717) is 0 Å². The minimum atomic E-state index is -2.75. The molecular weight excluding hydrogens is 170 g/mol. The molecule has 1 heterocycles. The average molecular weight is 180 g/mol. The van der Waals surface area contributed by atoms with Crippen LogP contribution in [0.15, 0.2) is 0 Å². The first kappa shape index (κ1) is 9.22. The highest BCUT2D eigenvalue weighted by Gasteiger charge is 2.60. The summed E-state index contributed by atoms with van der Waals surface area (Å²) in [6.07, 6.45) is -3.79. The molecule has 1 aliphatic heterocycles. The highest BCUT2D eigenvalue weighted by atomic mass is 19.3. The molecule has 0 aromatic heterocycles. The Kier molecular flexibility index (Phi) is 1.77. The SMILES string of the molecule is CC1(C)OC(=O)OC1(C)C(F)F. The number of carbonyl (C=O) groups excluding carboxylic acids is 1. The molecule has 0 aromatic rings. The quantitative estimate of drug-likeness (QED) is 0.578. The van der Waals surface area contributed by atoms with Gasteiger partial charge in [0.05, 0.1) is 0 Å². The third kappa shape index (κ3) is 1.04. The summed E-state index contributed by atoms with van der Waals surface area (Å²) >= 11 is 0. The van der Waals surface area contributed by atoms with Gasteiger partial charge >= 0.3 is 6.16 Å². The van der Waals surface area contributed by atoms with E-state index in [-0.39, 0.29) is 0 Å². The molecule has 1 saturated heterocycles. The van der Waals surface area contributed by atoms with Gasteiger partial charge in [0.15, 0.2) is 5.60 Å². The minimum Gasteiger partial charge on any atom is -0.424 e. The van der Waals surface area contributed by atoms with Crippen LogP contribution in [0.3, 0.4) is 0 Å². The van der Waals surface area contributed by atoms with Crippen LogP contribution in [0.2, 0.25) is 0 Å². The monoisotopic (exact) mass is 180 g/mol. The Morgan fingerprint density at radius 3 is 1.92 bits per heavy atom. The van der Waals surface area contributed by atoms with Gasteiger partial charge in [-0.3, -0.25) is 0 Å². The molecule has 1 aliphatic rings. The molecular formula is C7H10F2O3. The van der Waals surface area contributed by atoms with Gasteiger partial charge in [-0.2, -0.15) is 0 Å². The van der Waals surface area contributed by atoms with Gasteiger partial charge in [-0.25, -0.2) is 13.6 Å². The molecule has 12 heavy (non-hydrogen) atoms. The number of alkyl halides is 2. The summed E-state index contributed by atoms with van der Waals surface area (Å²) in [6, 6.07) is 0. The van der Waals surface area contributed by atoms with Crippen LogP contribution in [0.25, 0.3) is 0 Å². The molecule has 1 atom stereocenters. The van der Waals surface area contributed by atoms with Crippen LogP contribution in [0.4, 0.5) is 13.6 Å². The summed E-state index contributed by atoms with van der Waals surface area (Å²) in [7, 11) is 0. The average Bonchev–Trinajstić information content (AvgIpc) is 2.02. The van der Waals surface area contributed by atoms with Gasteiger partial charge < -0.3 is 9.47 Å². The molecule has 0 radical (unpaired) electrons. The van der Waals surface area contributed by atoms with Gasteiger partial charge in [-0.05, 0) is 20.8 Å². The van der Waals surface area contributed by atoms with Crippen LogP contribution in [0, 0.1) is 0 Å². The maximum Gasteiger partial charge on any atom is 0.509 e. The fraction of sp³-hybridized carbons (Fsp3) is 0.857. The van der Waals surface area contributed by atoms with Crippen molar-refractivity contribution in [3.05, 3.63) is 0 Å². The van der Waals surface area contributed by atoms with Gasteiger partial charge in [-0.15, -0.1) is 0 Å². The molecule has 0 bridgehead atoms. The van der Waals surface area contributed by atoms with Crippen LogP contribution in [-0.4, -0.2) is 23.8 Å². The van der Waals surface area contributed by atoms with Crippen molar-refractivity contribution in [3.8, 4) is 0 Å². The summed E-state index contributed by atoms with van der Waals surface area (Å²) in [4.78, 5) is 10.6. The third-order valence-corrected chi connectivity index (χ3v) is 2.25. The molecule has 70 valence electrons. The maximum absolute atomic E-state index is 12.4. The Hall–Kier alpha value is -0.870. The van der Waals surface area contributed by atoms with Crippen molar-refractivity contribution < 1.29 is 23.0 Å². The van der Waals surface area contributed by atoms with Crippen molar-refractivity contribution in [3.63, 3.8) is 0 Å². The van der Waals surface area contributed by atoms with Crippen LogP contribution in [0.1, 0.15) is 20.8 Å². The number of halogens is 2. The van der Waals surface area contributed by atoms with E-state index in [1.54, 1.807) is 0 Å². The number of rotatable bonds is 1. The van der Waals surface area contributed by atoms with Crippen molar-refractivity contribution in [1.29, 1.82) is 0 Å². The zero-order valence-electron chi connectivity index (χ0n) is 7.06. The molecule has 3 nitrogen and oxygen atoms in total. The summed E-state index contributed by atoms with van der Waals surface area (Å²) in [5, 5.41) is 0. The van der Waals surface area contributed by atoms with Gasteiger partial charge in [0, 0.05) is 0 Å². The van der Waals surface area contributed by atoms with E-state index in [0.717, 1.165) is 6.92 Å². The van der Waals surface area contributed by atoms with Gasteiger partial charge in [0.1, 0.15) is 0 Å². The first-order valence-corrected chi connectivity index (χ1v) is 3.50. The van der Waals surface area contributed by atoms with Crippen molar-refractivity contribution in [2.45, 2.75) is 38.4 Å². The number of ether oxygens (including phenoxy) is 2. The Bertz CT molecular complexity index is 215. The lowest BCUT2D eigenvalue weighted by Crippen LogP contribution is -2.50. The first-order chi connectivity index (χ1) is 5.29. The van der Waals surface area contributed by atoms with E-state index in [2.05, 4.69) is 9.47 Å². The van der Waals surface area contributed by atoms with Gasteiger partial charge in [-0.1, -0.05) is 0 Å².